The van der Waals surface area contributed by atoms with Crippen molar-refractivity contribution in [2.45, 2.75) is 12.8 Å². The molecule has 4 rings (SSSR count). The highest BCUT2D eigenvalue weighted by Gasteiger charge is 2.23. The quantitative estimate of drug-likeness (QED) is 0.561. The number of piperazine rings is 1. The van der Waals surface area contributed by atoms with Crippen LogP contribution in [0.5, 0.6) is 5.75 Å². The average Bonchev–Trinajstić information content (AvgIpc) is 2.86. The van der Waals surface area contributed by atoms with Gasteiger partial charge in [-0.15, -0.1) is 0 Å². The SMILES string of the molecule is COc1cccc(CC(=O)N2CCN(CC(=O)Nc3ccccc3Cc3ccccc3)CC2)c1. The van der Waals surface area contributed by atoms with Crippen LogP contribution in [0.2, 0.25) is 0 Å². The van der Waals surface area contributed by atoms with Gasteiger partial charge in [0.25, 0.3) is 0 Å². The minimum Gasteiger partial charge on any atom is -0.497 e. The van der Waals surface area contributed by atoms with Crippen molar-refractivity contribution < 1.29 is 14.3 Å². The molecule has 3 aromatic rings. The van der Waals surface area contributed by atoms with E-state index in [9.17, 15) is 9.59 Å². The van der Waals surface area contributed by atoms with Gasteiger partial charge in [-0.25, -0.2) is 0 Å². The monoisotopic (exact) mass is 457 g/mol. The Morgan fingerprint density at radius 2 is 1.56 bits per heavy atom. The normalized spacial score (nSPS) is 14.0. The lowest BCUT2D eigenvalue weighted by Crippen LogP contribution is -2.50. The van der Waals surface area contributed by atoms with Crippen LogP contribution in [0.15, 0.2) is 78.9 Å². The van der Waals surface area contributed by atoms with Crippen LogP contribution < -0.4 is 10.1 Å². The summed E-state index contributed by atoms with van der Waals surface area (Å²) in [5.74, 6) is 0.829. The highest BCUT2D eigenvalue weighted by atomic mass is 16.5. The first-order chi connectivity index (χ1) is 16.6. The van der Waals surface area contributed by atoms with E-state index in [1.165, 1.54) is 5.56 Å². The van der Waals surface area contributed by atoms with Crippen LogP contribution >= 0.6 is 0 Å². The molecule has 0 radical (unpaired) electrons. The van der Waals surface area contributed by atoms with Crippen molar-refractivity contribution in [2.75, 3.05) is 45.2 Å². The number of hydrogen-bond acceptors (Lipinski definition) is 4. The van der Waals surface area contributed by atoms with E-state index in [1.54, 1.807) is 7.11 Å². The fourth-order valence-corrected chi connectivity index (χ4v) is 4.23. The fraction of sp³-hybridized carbons (Fsp3) is 0.286. The molecule has 0 spiro atoms. The minimum absolute atomic E-state index is 0.0309. The first-order valence-electron chi connectivity index (χ1n) is 11.7. The van der Waals surface area contributed by atoms with Gasteiger partial charge in [-0.2, -0.15) is 0 Å². The van der Waals surface area contributed by atoms with Crippen LogP contribution in [0.1, 0.15) is 16.7 Å². The third-order valence-electron chi connectivity index (χ3n) is 6.11. The summed E-state index contributed by atoms with van der Waals surface area (Å²) in [6.07, 6.45) is 1.13. The van der Waals surface area contributed by atoms with E-state index in [2.05, 4.69) is 28.4 Å². The van der Waals surface area contributed by atoms with Crippen molar-refractivity contribution in [3.63, 3.8) is 0 Å². The number of nitrogens with zero attached hydrogens (tertiary/aromatic N) is 2. The Balaban J connectivity index is 1.26. The Hall–Kier alpha value is -3.64. The van der Waals surface area contributed by atoms with E-state index in [4.69, 9.17) is 4.74 Å². The minimum atomic E-state index is -0.0309. The summed E-state index contributed by atoms with van der Waals surface area (Å²) in [5, 5.41) is 3.08. The number of carbonyl (C=O) groups excluding carboxylic acids is 2. The van der Waals surface area contributed by atoms with Crippen LogP contribution in [0.3, 0.4) is 0 Å². The number of benzene rings is 3. The summed E-state index contributed by atoms with van der Waals surface area (Å²) < 4.78 is 5.24. The van der Waals surface area contributed by atoms with Crippen LogP contribution in [0, 0.1) is 0 Å². The molecule has 2 amide bonds. The van der Waals surface area contributed by atoms with Gasteiger partial charge in [0.15, 0.2) is 0 Å². The van der Waals surface area contributed by atoms with Gasteiger partial charge in [-0.05, 0) is 41.3 Å². The summed E-state index contributed by atoms with van der Waals surface area (Å²) >= 11 is 0. The van der Waals surface area contributed by atoms with E-state index < -0.39 is 0 Å². The topological polar surface area (TPSA) is 61.9 Å². The Kier molecular flexibility index (Phi) is 7.94. The molecule has 1 N–H and O–H groups in total. The number of anilines is 1. The maximum Gasteiger partial charge on any atom is 0.238 e. The average molecular weight is 458 g/mol. The van der Waals surface area contributed by atoms with Gasteiger partial charge in [0.1, 0.15) is 5.75 Å². The maximum absolute atomic E-state index is 12.8. The summed E-state index contributed by atoms with van der Waals surface area (Å²) in [5.41, 5.74) is 4.10. The highest BCUT2D eigenvalue weighted by Crippen LogP contribution is 2.19. The molecule has 1 aliphatic heterocycles. The summed E-state index contributed by atoms with van der Waals surface area (Å²) in [4.78, 5) is 29.4. The van der Waals surface area contributed by atoms with Gasteiger partial charge in [-0.1, -0.05) is 60.7 Å². The van der Waals surface area contributed by atoms with E-state index >= 15 is 0 Å². The zero-order chi connectivity index (χ0) is 23.8. The largest absolute Gasteiger partial charge is 0.497 e. The zero-order valence-electron chi connectivity index (χ0n) is 19.6. The van der Waals surface area contributed by atoms with Gasteiger partial charge in [-0.3, -0.25) is 14.5 Å². The second-order valence-electron chi connectivity index (χ2n) is 8.55. The summed E-state index contributed by atoms with van der Waals surface area (Å²) in [6.45, 7) is 2.94. The highest BCUT2D eigenvalue weighted by molar-refractivity contribution is 5.93. The molecule has 6 nitrogen and oxygen atoms in total. The third-order valence-corrected chi connectivity index (χ3v) is 6.11. The molecule has 1 fully saturated rings. The molecule has 1 saturated heterocycles. The standard InChI is InChI=1S/C28H31N3O3/c1-34-25-12-7-10-23(19-25)20-28(33)31-16-14-30(15-17-31)21-27(32)29-26-13-6-5-11-24(26)18-22-8-3-2-4-9-22/h2-13,19H,14-18,20-21H2,1H3,(H,29,32). The molecule has 3 aromatic carbocycles. The molecule has 0 aromatic heterocycles. The summed E-state index contributed by atoms with van der Waals surface area (Å²) in [7, 11) is 1.62. The molecule has 0 bridgehead atoms. The van der Waals surface area contributed by atoms with Crippen molar-refractivity contribution in [1.29, 1.82) is 0 Å². The van der Waals surface area contributed by atoms with Crippen molar-refractivity contribution in [3.05, 3.63) is 95.6 Å². The first-order valence-corrected chi connectivity index (χ1v) is 11.7. The van der Waals surface area contributed by atoms with E-state index in [0.29, 0.717) is 39.1 Å². The molecule has 0 atom stereocenters. The number of ether oxygens (including phenoxy) is 1. The molecule has 34 heavy (non-hydrogen) atoms. The molecule has 0 saturated carbocycles. The number of rotatable bonds is 8. The molecule has 6 heteroatoms. The van der Waals surface area contributed by atoms with Gasteiger partial charge >= 0.3 is 0 Å². The maximum atomic E-state index is 12.8. The van der Waals surface area contributed by atoms with E-state index in [-0.39, 0.29) is 11.8 Å². The lowest BCUT2D eigenvalue weighted by atomic mass is 10.0. The molecule has 1 aliphatic rings. The van der Waals surface area contributed by atoms with Crippen molar-refractivity contribution in [3.8, 4) is 5.75 Å². The third kappa shape index (κ3) is 6.45. The fourth-order valence-electron chi connectivity index (χ4n) is 4.23. The molecular weight excluding hydrogens is 426 g/mol. The van der Waals surface area contributed by atoms with Crippen molar-refractivity contribution >= 4 is 17.5 Å². The molecule has 0 aliphatic carbocycles. The molecule has 0 unspecified atom stereocenters. The lowest BCUT2D eigenvalue weighted by molar-refractivity contribution is -0.132. The van der Waals surface area contributed by atoms with E-state index in [0.717, 1.165) is 29.0 Å². The molecule has 176 valence electrons. The second kappa shape index (κ2) is 11.5. The number of hydrogen-bond donors (Lipinski definition) is 1. The number of methoxy groups -OCH3 is 1. The van der Waals surface area contributed by atoms with Crippen molar-refractivity contribution in [2.24, 2.45) is 0 Å². The lowest BCUT2D eigenvalue weighted by Gasteiger charge is -2.34. The number of amides is 2. The number of nitrogens with one attached hydrogen (secondary N) is 1. The smallest absolute Gasteiger partial charge is 0.238 e. The number of para-hydroxylation sites is 1. The first kappa shape index (κ1) is 23.5. The van der Waals surface area contributed by atoms with Crippen LogP contribution in [-0.2, 0) is 22.4 Å². The van der Waals surface area contributed by atoms with Crippen molar-refractivity contribution in [1.82, 2.24) is 9.80 Å². The van der Waals surface area contributed by atoms with E-state index in [1.807, 2.05) is 65.6 Å². The predicted molar refractivity (Wildman–Crippen MR) is 134 cm³/mol. The van der Waals surface area contributed by atoms with Crippen LogP contribution in [-0.4, -0.2) is 61.4 Å². The Bertz CT molecular complexity index is 1110. The van der Waals surface area contributed by atoms with Gasteiger partial charge in [0.2, 0.25) is 11.8 Å². The zero-order valence-corrected chi connectivity index (χ0v) is 19.6. The molecule has 1 heterocycles. The van der Waals surface area contributed by atoms with Gasteiger partial charge < -0.3 is 15.0 Å². The Labute approximate surface area is 201 Å². The summed E-state index contributed by atoms with van der Waals surface area (Å²) in [6, 6.07) is 25.8. The predicted octanol–water partition coefficient (Wildman–Crippen LogP) is 3.61. The molecular formula is C28H31N3O3. The van der Waals surface area contributed by atoms with Crippen LogP contribution in [0.25, 0.3) is 0 Å². The Morgan fingerprint density at radius 3 is 2.32 bits per heavy atom. The Morgan fingerprint density at radius 1 is 0.853 bits per heavy atom. The number of carbonyl (C=O) groups is 2. The second-order valence-corrected chi connectivity index (χ2v) is 8.55. The van der Waals surface area contributed by atoms with Crippen LogP contribution in [0.4, 0.5) is 5.69 Å². The van der Waals surface area contributed by atoms with Gasteiger partial charge in [0, 0.05) is 31.9 Å². The van der Waals surface area contributed by atoms with Gasteiger partial charge in [0.05, 0.1) is 20.1 Å².